The number of thiazole rings is 1. The SMILES string of the molecule is CCN(CC(=O)O)C1CCN(C(=O)CCCc2nc3ccccc3s2)CC1. The topological polar surface area (TPSA) is 73.7 Å². The molecule has 0 radical (unpaired) electrons. The molecule has 1 aromatic heterocycles. The molecule has 2 heterocycles. The van der Waals surface area contributed by atoms with Gasteiger partial charge in [-0.15, -0.1) is 11.3 Å². The van der Waals surface area contributed by atoms with Gasteiger partial charge in [0.1, 0.15) is 0 Å². The average molecular weight is 390 g/mol. The maximum Gasteiger partial charge on any atom is 0.317 e. The van der Waals surface area contributed by atoms with Crippen LogP contribution in [0.15, 0.2) is 24.3 Å². The molecule has 1 N–H and O–H groups in total. The highest BCUT2D eigenvalue weighted by Gasteiger charge is 2.26. The molecule has 27 heavy (non-hydrogen) atoms. The molecule has 1 saturated heterocycles. The number of hydrogen-bond donors (Lipinski definition) is 1. The van der Waals surface area contributed by atoms with E-state index in [1.807, 2.05) is 34.9 Å². The van der Waals surface area contributed by atoms with Gasteiger partial charge in [-0.25, -0.2) is 4.98 Å². The maximum absolute atomic E-state index is 12.5. The number of nitrogens with zero attached hydrogens (tertiary/aromatic N) is 3. The molecule has 1 aromatic carbocycles. The quantitative estimate of drug-likeness (QED) is 0.751. The van der Waals surface area contributed by atoms with Crippen molar-refractivity contribution in [3.63, 3.8) is 0 Å². The predicted octanol–water partition coefficient (Wildman–Crippen LogP) is 3.02. The van der Waals surface area contributed by atoms with Gasteiger partial charge in [0.2, 0.25) is 5.91 Å². The third kappa shape index (κ3) is 5.26. The standard InChI is InChI=1S/C20H27N3O3S/c1-2-22(14-20(25)26)15-10-12-23(13-11-15)19(24)9-5-8-18-21-16-6-3-4-7-17(16)27-18/h3-4,6-7,15H,2,5,8-14H2,1H3,(H,25,26). The molecular weight excluding hydrogens is 362 g/mol. The second-order valence-corrected chi connectivity index (χ2v) is 8.11. The molecule has 0 bridgehead atoms. The van der Waals surface area contributed by atoms with Gasteiger partial charge in [-0.05, 0) is 44.4 Å². The monoisotopic (exact) mass is 389 g/mol. The number of aliphatic carboxylic acids is 1. The highest BCUT2D eigenvalue weighted by Crippen LogP contribution is 2.23. The molecule has 1 aliphatic heterocycles. The fraction of sp³-hybridized carbons (Fsp3) is 0.550. The Morgan fingerprint density at radius 3 is 2.70 bits per heavy atom. The Kier molecular flexibility index (Phi) is 6.79. The average Bonchev–Trinajstić information content (AvgIpc) is 3.08. The van der Waals surface area contributed by atoms with E-state index in [-0.39, 0.29) is 18.5 Å². The number of carbonyl (C=O) groups is 2. The van der Waals surface area contributed by atoms with Crippen molar-refractivity contribution < 1.29 is 14.7 Å². The lowest BCUT2D eigenvalue weighted by atomic mass is 10.0. The summed E-state index contributed by atoms with van der Waals surface area (Å²) in [6.45, 7) is 4.24. The number of para-hydroxylation sites is 1. The van der Waals surface area contributed by atoms with Crippen molar-refractivity contribution in [1.29, 1.82) is 0 Å². The van der Waals surface area contributed by atoms with Crippen LogP contribution in [0, 0.1) is 0 Å². The van der Waals surface area contributed by atoms with Gasteiger partial charge in [0.15, 0.2) is 0 Å². The number of rotatable bonds is 8. The van der Waals surface area contributed by atoms with Crippen LogP contribution in [0.5, 0.6) is 0 Å². The van der Waals surface area contributed by atoms with Crippen LogP contribution < -0.4 is 0 Å². The summed E-state index contributed by atoms with van der Waals surface area (Å²) in [5.41, 5.74) is 1.03. The van der Waals surface area contributed by atoms with E-state index in [2.05, 4.69) is 11.1 Å². The van der Waals surface area contributed by atoms with E-state index in [1.165, 1.54) is 4.70 Å². The minimum Gasteiger partial charge on any atom is -0.480 e. The zero-order chi connectivity index (χ0) is 19.2. The van der Waals surface area contributed by atoms with Crippen LogP contribution >= 0.6 is 11.3 Å². The molecule has 6 nitrogen and oxygen atoms in total. The third-order valence-corrected chi connectivity index (χ3v) is 6.29. The fourth-order valence-corrected chi connectivity index (χ4v) is 4.74. The smallest absolute Gasteiger partial charge is 0.317 e. The zero-order valence-electron chi connectivity index (χ0n) is 15.8. The summed E-state index contributed by atoms with van der Waals surface area (Å²) in [5.74, 6) is -0.582. The normalized spacial score (nSPS) is 15.6. The van der Waals surface area contributed by atoms with Gasteiger partial charge < -0.3 is 10.0 Å². The second-order valence-electron chi connectivity index (χ2n) is 7.00. The van der Waals surface area contributed by atoms with E-state index in [4.69, 9.17) is 5.11 Å². The summed E-state index contributed by atoms with van der Waals surface area (Å²) >= 11 is 1.71. The van der Waals surface area contributed by atoms with Crippen molar-refractivity contribution in [2.75, 3.05) is 26.2 Å². The summed E-state index contributed by atoms with van der Waals surface area (Å²) in [7, 11) is 0. The number of benzene rings is 1. The van der Waals surface area contributed by atoms with E-state index >= 15 is 0 Å². The van der Waals surface area contributed by atoms with Crippen molar-refractivity contribution in [1.82, 2.24) is 14.8 Å². The summed E-state index contributed by atoms with van der Waals surface area (Å²) in [4.78, 5) is 32.0. The van der Waals surface area contributed by atoms with Gasteiger partial charge in [0.25, 0.3) is 0 Å². The third-order valence-electron chi connectivity index (χ3n) is 5.20. The van der Waals surface area contributed by atoms with E-state index in [9.17, 15) is 9.59 Å². The number of carboxylic acid groups (broad SMARTS) is 1. The highest BCUT2D eigenvalue weighted by atomic mass is 32.1. The number of likely N-dealkylation sites (tertiary alicyclic amines) is 1. The Morgan fingerprint density at radius 1 is 1.30 bits per heavy atom. The lowest BCUT2D eigenvalue weighted by Gasteiger charge is -2.37. The van der Waals surface area contributed by atoms with Crippen molar-refractivity contribution in [3.8, 4) is 0 Å². The molecule has 0 atom stereocenters. The van der Waals surface area contributed by atoms with E-state index in [0.717, 1.165) is 55.8 Å². The Balaban J connectivity index is 1.42. The van der Waals surface area contributed by atoms with Crippen molar-refractivity contribution in [2.24, 2.45) is 0 Å². The largest absolute Gasteiger partial charge is 0.480 e. The summed E-state index contributed by atoms with van der Waals surface area (Å²) in [5, 5.41) is 10.1. The molecule has 2 aromatic rings. The van der Waals surface area contributed by atoms with Gasteiger partial charge >= 0.3 is 5.97 Å². The number of piperidine rings is 1. The molecular formula is C20H27N3O3S. The number of carboxylic acids is 1. The summed E-state index contributed by atoms with van der Waals surface area (Å²) in [6, 6.07) is 8.38. The minimum absolute atomic E-state index is 0.0806. The first kappa shape index (κ1) is 19.8. The van der Waals surface area contributed by atoms with E-state index < -0.39 is 5.97 Å². The van der Waals surface area contributed by atoms with E-state index in [1.54, 1.807) is 11.3 Å². The summed E-state index contributed by atoms with van der Waals surface area (Å²) in [6.07, 6.45) is 3.91. The number of amides is 1. The molecule has 1 amide bonds. The van der Waals surface area contributed by atoms with Crippen LogP contribution in [-0.4, -0.2) is 64.0 Å². The number of fused-ring (bicyclic) bond motifs is 1. The molecule has 0 aliphatic carbocycles. The molecule has 1 fully saturated rings. The lowest BCUT2D eigenvalue weighted by molar-refractivity contribution is -0.140. The molecule has 0 saturated carbocycles. The molecule has 0 spiro atoms. The Morgan fingerprint density at radius 2 is 2.04 bits per heavy atom. The molecule has 0 unspecified atom stereocenters. The van der Waals surface area contributed by atoms with Gasteiger partial charge in [-0.1, -0.05) is 19.1 Å². The maximum atomic E-state index is 12.5. The molecule has 1 aliphatic rings. The van der Waals surface area contributed by atoms with Crippen LogP contribution in [0.3, 0.4) is 0 Å². The van der Waals surface area contributed by atoms with E-state index in [0.29, 0.717) is 6.42 Å². The van der Waals surface area contributed by atoms with Gasteiger partial charge in [0.05, 0.1) is 21.8 Å². The Labute approximate surface area is 163 Å². The van der Waals surface area contributed by atoms with Crippen molar-refractivity contribution >= 4 is 33.4 Å². The zero-order valence-corrected chi connectivity index (χ0v) is 16.6. The van der Waals surface area contributed by atoms with Gasteiger partial charge in [0, 0.05) is 25.6 Å². The number of carbonyl (C=O) groups excluding carboxylic acids is 1. The molecule has 7 heteroatoms. The fourth-order valence-electron chi connectivity index (χ4n) is 3.73. The van der Waals surface area contributed by atoms with Crippen LogP contribution in [0.1, 0.15) is 37.6 Å². The minimum atomic E-state index is -0.787. The second kappa shape index (κ2) is 9.28. The first-order chi connectivity index (χ1) is 13.1. The lowest BCUT2D eigenvalue weighted by Crippen LogP contribution is -2.48. The van der Waals surface area contributed by atoms with Crippen LogP contribution in [-0.2, 0) is 16.0 Å². The van der Waals surface area contributed by atoms with Gasteiger partial charge in [-0.3, -0.25) is 14.5 Å². The molecule has 3 rings (SSSR count). The predicted molar refractivity (Wildman–Crippen MR) is 107 cm³/mol. The summed E-state index contributed by atoms with van der Waals surface area (Å²) < 4.78 is 1.20. The van der Waals surface area contributed by atoms with Crippen LogP contribution in [0.25, 0.3) is 10.2 Å². The first-order valence-corrected chi connectivity index (χ1v) is 10.5. The number of aryl methyl sites for hydroxylation is 1. The van der Waals surface area contributed by atoms with Crippen molar-refractivity contribution in [2.45, 2.75) is 45.1 Å². The van der Waals surface area contributed by atoms with Crippen molar-refractivity contribution in [3.05, 3.63) is 29.3 Å². The number of hydrogen-bond acceptors (Lipinski definition) is 5. The Bertz CT molecular complexity index is 751. The van der Waals surface area contributed by atoms with Crippen LogP contribution in [0.2, 0.25) is 0 Å². The Hall–Kier alpha value is -1.99. The number of likely N-dealkylation sites (N-methyl/N-ethyl adjacent to an activating group) is 1. The first-order valence-electron chi connectivity index (χ1n) is 9.65. The highest BCUT2D eigenvalue weighted by molar-refractivity contribution is 7.18. The van der Waals surface area contributed by atoms with Gasteiger partial charge in [-0.2, -0.15) is 0 Å². The molecule has 146 valence electrons. The van der Waals surface area contributed by atoms with Crippen LogP contribution in [0.4, 0.5) is 0 Å². The number of aromatic nitrogens is 1.